The maximum Gasteiger partial charge on any atom is 0.191 e. The van der Waals surface area contributed by atoms with Crippen molar-refractivity contribution in [1.82, 2.24) is 15.6 Å². The third-order valence-electron chi connectivity index (χ3n) is 3.97. The highest BCUT2D eigenvalue weighted by Gasteiger charge is 2.02. The normalized spacial score (nSPS) is 11.0. The van der Waals surface area contributed by atoms with Crippen molar-refractivity contribution in [1.29, 1.82) is 0 Å². The summed E-state index contributed by atoms with van der Waals surface area (Å²) in [6.07, 6.45) is 5.10. The lowest BCUT2D eigenvalue weighted by Crippen LogP contribution is -2.37. The van der Waals surface area contributed by atoms with Crippen molar-refractivity contribution < 1.29 is 4.74 Å². The highest BCUT2D eigenvalue weighted by Crippen LogP contribution is 2.17. The lowest BCUT2D eigenvalue weighted by atomic mass is 10.1. The fourth-order valence-corrected chi connectivity index (χ4v) is 2.51. The Bertz CT molecular complexity index is 664. The molecular formula is C21H31IN4O. The van der Waals surface area contributed by atoms with Crippen LogP contribution in [0.15, 0.2) is 53.7 Å². The number of aromatic nitrogens is 1. The molecule has 0 fully saturated rings. The number of aliphatic imine (C=N–C) groups is 1. The monoisotopic (exact) mass is 482 g/mol. The first-order chi connectivity index (χ1) is 12.8. The summed E-state index contributed by atoms with van der Waals surface area (Å²) in [6.45, 7) is 5.38. The van der Waals surface area contributed by atoms with Gasteiger partial charge >= 0.3 is 0 Å². The first kappa shape index (κ1) is 23.4. The van der Waals surface area contributed by atoms with E-state index in [9.17, 15) is 0 Å². The van der Waals surface area contributed by atoms with Gasteiger partial charge in [0.05, 0.1) is 5.69 Å². The van der Waals surface area contributed by atoms with Gasteiger partial charge in [-0.25, -0.2) is 0 Å². The summed E-state index contributed by atoms with van der Waals surface area (Å²) >= 11 is 0. The molecule has 1 heterocycles. The molecule has 1 aromatic heterocycles. The van der Waals surface area contributed by atoms with E-state index < -0.39 is 0 Å². The molecule has 0 radical (unpaired) electrons. The molecule has 0 spiro atoms. The van der Waals surface area contributed by atoms with E-state index >= 15 is 0 Å². The molecule has 2 rings (SSSR count). The van der Waals surface area contributed by atoms with E-state index in [1.54, 1.807) is 7.05 Å². The second-order valence-electron chi connectivity index (χ2n) is 6.09. The Morgan fingerprint density at radius 3 is 2.67 bits per heavy atom. The minimum atomic E-state index is 0. The molecule has 2 aromatic rings. The van der Waals surface area contributed by atoms with Crippen LogP contribution in [0.3, 0.4) is 0 Å². The number of nitrogens with one attached hydrogen (secondary N) is 2. The summed E-state index contributed by atoms with van der Waals surface area (Å²) in [5.41, 5.74) is 3.30. The number of hydrogen-bond acceptors (Lipinski definition) is 3. The largest absolute Gasteiger partial charge is 0.381 e. The van der Waals surface area contributed by atoms with Crippen LogP contribution in [0.5, 0.6) is 0 Å². The number of halogens is 1. The number of rotatable bonds is 10. The van der Waals surface area contributed by atoms with Gasteiger partial charge < -0.3 is 15.4 Å². The number of nitrogens with zero attached hydrogens (tertiary/aromatic N) is 2. The summed E-state index contributed by atoms with van der Waals surface area (Å²) in [4.78, 5) is 8.68. The van der Waals surface area contributed by atoms with Gasteiger partial charge in [0.25, 0.3) is 0 Å². The van der Waals surface area contributed by atoms with Gasteiger partial charge in [-0.2, -0.15) is 0 Å². The smallest absolute Gasteiger partial charge is 0.191 e. The van der Waals surface area contributed by atoms with E-state index in [1.165, 1.54) is 12.0 Å². The SMILES string of the molecule is CCCCOCCCNC(=NC)NCc1cccc(-c2ccccn2)c1.I. The Morgan fingerprint density at radius 2 is 1.93 bits per heavy atom. The number of guanidine groups is 1. The summed E-state index contributed by atoms with van der Waals surface area (Å²) in [6, 6.07) is 14.4. The number of unbranched alkanes of at least 4 members (excludes halogenated alkanes) is 1. The maximum absolute atomic E-state index is 5.57. The van der Waals surface area contributed by atoms with Crippen LogP contribution in [0.2, 0.25) is 0 Å². The Morgan fingerprint density at radius 1 is 1.07 bits per heavy atom. The van der Waals surface area contributed by atoms with Crippen LogP contribution in [0.1, 0.15) is 31.7 Å². The average molecular weight is 482 g/mol. The highest BCUT2D eigenvalue weighted by atomic mass is 127. The number of ether oxygens (including phenoxy) is 1. The van der Waals surface area contributed by atoms with E-state index in [2.05, 4.69) is 51.8 Å². The third kappa shape index (κ3) is 9.19. The van der Waals surface area contributed by atoms with Crippen molar-refractivity contribution in [2.75, 3.05) is 26.8 Å². The highest BCUT2D eigenvalue weighted by molar-refractivity contribution is 14.0. The van der Waals surface area contributed by atoms with E-state index in [0.717, 1.165) is 49.8 Å². The van der Waals surface area contributed by atoms with Crippen molar-refractivity contribution in [3.05, 3.63) is 54.2 Å². The van der Waals surface area contributed by atoms with Gasteiger partial charge in [-0.1, -0.05) is 37.6 Å². The lowest BCUT2D eigenvalue weighted by Gasteiger charge is -2.12. The molecule has 27 heavy (non-hydrogen) atoms. The fourth-order valence-electron chi connectivity index (χ4n) is 2.51. The molecule has 0 bridgehead atoms. The molecule has 6 heteroatoms. The zero-order valence-corrected chi connectivity index (χ0v) is 18.6. The van der Waals surface area contributed by atoms with Gasteiger partial charge in [0.15, 0.2) is 5.96 Å². The van der Waals surface area contributed by atoms with E-state index in [-0.39, 0.29) is 24.0 Å². The topological polar surface area (TPSA) is 58.5 Å². The first-order valence-electron chi connectivity index (χ1n) is 9.36. The van der Waals surface area contributed by atoms with E-state index in [0.29, 0.717) is 6.54 Å². The predicted octanol–water partition coefficient (Wildman–Crippen LogP) is 4.24. The molecule has 0 aliphatic carbocycles. The minimum Gasteiger partial charge on any atom is -0.381 e. The second kappa shape index (κ2) is 14.4. The van der Waals surface area contributed by atoms with Crippen LogP contribution in [-0.2, 0) is 11.3 Å². The molecule has 0 aliphatic heterocycles. The molecule has 0 amide bonds. The minimum absolute atomic E-state index is 0. The Kier molecular flexibility index (Phi) is 12.5. The summed E-state index contributed by atoms with van der Waals surface area (Å²) < 4.78 is 5.57. The van der Waals surface area contributed by atoms with Gasteiger partial charge in [0, 0.05) is 45.1 Å². The maximum atomic E-state index is 5.57. The fraction of sp³-hybridized carbons (Fsp3) is 0.429. The van der Waals surface area contributed by atoms with Gasteiger partial charge in [-0.3, -0.25) is 9.98 Å². The summed E-state index contributed by atoms with van der Waals surface area (Å²) in [5, 5.41) is 6.68. The Hall–Kier alpha value is -1.67. The lowest BCUT2D eigenvalue weighted by molar-refractivity contribution is 0.129. The van der Waals surface area contributed by atoms with Crippen molar-refractivity contribution >= 4 is 29.9 Å². The van der Waals surface area contributed by atoms with Crippen LogP contribution >= 0.6 is 24.0 Å². The van der Waals surface area contributed by atoms with Crippen LogP contribution in [0, 0.1) is 0 Å². The van der Waals surface area contributed by atoms with Crippen LogP contribution in [-0.4, -0.2) is 37.7 Å². The molecular weight excluding hydrogens is 451 g/mol. The molecule has 148 valence electrons. The molecule has 0 saturated heterocycles. The standard InChI is InChI=1S/C21H30N4O.HI/c1-3-4-14-26-15-8-13-24-21(22-2)25-17-18-9-7-10-19(16-18)20-11-5-6-12-23-20;/h5-7,9-12,16H,3-4,8,13-15,17H2,1-2H3,(H2,22,24,25);1H. The van der Waals surface area contributed by atoms with Crippen LogP contribution < -0.4 is 10.6 Å². The number of pyridine rings is 1. The Balaban J connectivity index is 0.00000364. The first-order valence-corrected chi connectivity index (χ1v) is 9.36. The van der Waals surface area contributed by atoms with Gasteiger partial charge in [0.2, 0.25) is 0 Å². The predicted molar refractivity (Wildman–Crippen MR) is 124 cm³/mol. The Labute approximate surface area is 180 Å². The van der Waals surface area contributed by atoms with Crippen LogP contribution in [0.4, 0.5) is 0 Å². The van der Waals surface area contributed by atoms with Crippen molar-refractivity contribution in [2.24, 2.45) is 4.99 Å². The summed E-state index contributed by atoms with van der Waals surface area (Å²) in [5.74, 6) is 0.807. The zero-order valence-electron chi connectivity index (χ0n) is 16.3. The van der Waals surface area contributed by atoms with Crippen molar-refractivity contribution in [3.8, 4) is 11.3 Å². The average Bonchev–Trinajstić information content (AvgIpc) is 2.70. The number of benzene rings is 1. The van der Waals surface area contributed by atoms with Crippen molar-refractivity contribution in [3.63, 3.8) is 0 Å². The second-order valence-corrected chi connectivity index (χ2v) is 6.09. The molecule has 0 saturated carbocycles. The quantitative estimate of drug-likeness (QED) is 0.230. The van der Waals surface area contributed by atoms with E-state index in [4.69, 9.17) is 4.74 Å². The van der Waals surface area contributed by atoms with Gasteiger partial charge in [-0.05, 0) is 36.6 Å². The van der Waals surface area contributed by atoms with Crippen molar-refractivity contribution in [2.45, 2.75) is 32.7 Å². The van der Waals surface area contributed by atoms with Crippen LogP contribution in [0.25, 0.3) is 11.3 Å². The molecule has 1 aromatic carbocycles. The van der Waals surface area contributed by atoms with Gasteiger partial charge in [-0.15, -0.1) is 24.0 Å². The number of hydrogen-bond donors (Lipinski definition) is 2. The zero-order chi connectivity index (χ0) is 18.5. The van der Waals surface area contributed by atoms with Gasteiger partial charge in [0.1, 0.15) is 0 Å². The molecule has 0 unspecified atom stereocenters. The molecule has 0 aliphatic rings. The molecule has 0 atom stereocenters. The summed E-state index contributed by atoms with van der Waals surface area (Å²) in [7, 11) is 1.79. The molecule has 5 nitrogen and oxygen atoms in total. The molecule has 2 N–H and O–H groups in total. The van der Waals surface area contributed by atoms with E-state index in [1.807, 2.05) is 24.4 Å². The third-order valence-corrected chi connectivity index (χ3v) is 3.97.